The van der Waals surface area contributed by atoms with Crippen molar-refractivity contribution in [3.8, 4) is 10.6 Å². The van der Waals surface area contributed by atoms with Gasteiger partial charge in [0.1, 0.15) is 10.0 Å². The van der Waals surface area contributed by atoms with E-state index in [0.717, 1.165) is 10.6 Å². The maximum Gasteiger partial charge on any atom is 0.260 e. The summed E-state index contributed by atoms with van der Waals surface area (Å²) < 4.78 is 0. The van der Waals surface area contributed by atoms with Gasteiger partial charge in [0, 0.05) is 36.9 Å². The molecule has 23 heavy (non-hydrogen) atoms. The van der Waals surface area contributed by atoms with Gasteiger partial charge in [0.15, 0.2) is 5.15 Å². The Balaban J connectivity index is 1.96. The fourth-order valence-corrected chi connectivity index (χ4v) is 3.46. The zero-order valence-electron chi connectivity index (χ0n) is 12.3. The highest BCUT2D eigenvalue weighted by Gasteiger charge is 2.22. The van der Waals surface area contributed by atoms with Crippen LogP contribution in [0.2, 0.25) is 5.15 Å². The molecule has 0 aliphatic rings. The number of carbonyl (C=O) groups is 1. The van der Waals surface area contributed by atoms with Gasteiger partial charge in [-0.3, -0.25) is 19.7 Å². The molecule has 116 valence electrons. The summed E-state index contributed by atoms with van der Waals surface area (Å²) in [7, 11) is 0. The van der Waals surface area contributed by atoms with Crippen LogP contribution in [0.1, 0.15) is 17.3 Å². The number of rotatable bonds is 4. The molecule has 0 unspecified atom stereocenters. The zero-order chi connectivity index (χ0) is 16.2. The van der Waals surface area contributed by atoms with Crippen LogP contribution in [0.3, 0.4) is 0 Å². The predicted molar refractivity (Wildman–Crippen MR) is 91.9 cm³/mol. The average Bonchev–Trinajstić information content (AvgIpc) is 2.99. The Morgan fingerprint density at radius 3 is 2.57 bits per heavy atom. The Kier molecular flexibility index (Phi) is 4.64. The lowest BCUT2D eigenvalue weighted by molar-refractivity contribution is 0.0988. The second-order valence-electron chi connectivity index (χ2n) is 4.65. The van der Waals surface area contributed by atoms with Gasteiger partial charge in [-0.1, -0.05) is 22.9 Å². The van der Waals surface area contributed by atoms with Crippen LogP contribution in [-0.4, -0.2) is 27.4 Å². The largest absolute Gasteiger partial charge is 0.297 e. The minimum Gasteiger partial charge on any atom is -0.297 e. The van der Waals surface area contributed by atoms with Crippen LogP contribution in [0, 0.1) is 0 Å². The first-order valence-corrected chi connectivity index (χ1v) is 8.18. The molecule has 0 fully saturated rings. The van der Waals surface area contributed by atoms with Crippen LogP contribution in [0.25, 0.3) is 10.6 Å². The molecule has 5 nitrogen and oxygen atoms in total. The average molecular weight is 345 g/mol. The molecule has 0 saturated carbocycles. The summed E-state index contributed by atoms with van der Waals surface area (Å²) in [6.07, 6.45) is 6.59. The maximum atomic E-state index is 12.7. The SMILES string of the molecule is CCN(C(=O)c1cccnc1)c1sc(-c2cccnc2)nc1Cl. The number of pyridine rings is 2. The molecule has 3 aromatic heterocycles. The Labute approximate surface area is 142 Å². The minimum absolute atomic E-state index is 0.149. The van der Waals surface area contributed by atoms with Crippen LogP contribution in [-0.2, 0) is 0 Å². The standard InChI is InChI=1S/C16H13ClN4OS/c1-2-21(15(22)12-6-4-8-19-10-12)16-13(17)20-14(23-16)11-5-3-7-18-9-11/h3-10H,2H2,1H3. The van der Waals surface area contributed by atoms with Crippen molar-refractivity contribution in [2.24, 2.45) is 0 Å². The number of amides is 1. The number of aromatic nitrogens is 3. The number of thiazole rings is 1. The summed E-state index contributed by atoms with van der Waals surface area (Å²) in [6, 6.07) is 7.21. The first-order valence-electron chi connectivity index (χ1n) is 6.99. The van der Waals surface area contributed by atoms with E-state index >= 15 is 0 Å². The molecule has 3 rings (SSSR count). The molecule has 1 amide bonds. The summed E-state index contributed by atoms with van der Waals surface area (Å²) in [5.41, 5.74) is 1.39. The third-order valence-corrected chi connectivity index (χ3v) is 4.70. The zero-order valence-corrected chi connectivity index (χ0v) is 13.9. The molecule has 0 saturated heterocycles. The van der Waals surface area contributed by atoms with Gasteiger partial charge in [0.2, 0.25) is 0 Å². The summed E-state index contributed by atoms with van der Waals surface area (Å²) in [5, 5.41) is 1.67. The van der Waals surface area contributed by atoms with Crippen molar-refractivity contribution >= 4 is 33.8 Å². The van der Waals surface area contributed by atoms with E-state index in [2.05, 4.69) is 15.0 Å². The molecule has 0 bridgehead atoms. The van der Waals surface area contributed by atoms with E-state index < -0.39 is 0 Å². The third kappa shape index (κ3) is 3.23. The van der Waals surface area contributed by atoms with Crippen molar-refractivity contribution in [2.45, 2.75) is 6.92 Å². The molecular formula is C16H13ClN4OS. The van der Waals surface area contributed by atoms with Crippen LogP contribution >= 0.6 is 22.9 Å². The topological polar surface area (TPSA) is 59.0 Å². The van der Waals surface area contributed by atoms with Crippen LogP contribution in [0.5, 0.6) is 0 Å². The van der Waals surface area contributed by atoms with Crippen LogP contribution in [0.4, 0.5) is 5.00 Å². The van der Waals surface area contributed by atoms with E-state index in [1.54, 1.807) is 41.8 Å². The molecule has 0 aromatic carbocycles. The van der Waals surface area contributed by atoms with Crippen molar-refractivity contribution in [1.82, 2.24) is 15.0 Å². The van der Waals surface area contributed by atoms with Gasteiger partial charge in [-0.15, -0.1) is 0 Å². The van der Waals surface area contributed by atoms with Gasteiger partial charge in [0.25, 0.3) is 5.91 Å². The molecular weight excluding hydrogens is 332 g/mol. The van der Waals surface area contributed by atoms with E-state index in [4.69, 9.17) is 11.6 Å². The fraction of sp³-hybridized carbons (Fsp3) is 0.125. The third-order valence-electron chi connectivity index (χ3n) is 3.19. The second-order valence-corrected chi connectivity index (χ2v) is 5.98. The number of hydrogen-bond donors (Lipinski definition) is 0. The van der Waals surface area contributed by atoms with Gasteiger partial charge in [-0.25, -0.2) is 4.98 Å². The lowest BCUT2D eigenvalue weighted by Gasteiger charge is -2.18. The smallest absolute Gasteiger partial charge is 0.260 e. The lowest BCUT2D eigenvalue weighted by atomic mass is 10.2. The highest BCUT2D eigenvalue weighted by molar-refractivity contribution is 7.19. The Bertz CT molecular complexity index is 807. The Hall–Kier alpha value is -2.31. The van der Waals surface area contributed by atoms with Gasteiger partial charge >= 0.3 is 0 Å². The minimum atomic E-state index is -0.149. The van der Waals surface area contributed by atoms with E-state index in [1.807, 2.05) is 19.1 Å². The monoisotopic (exact) mass is 344 g/mol. The molecule has 0 N–H and O–H groups in total. The number of anilines is 1. The highest BCUT2D eigenvalue weighted by Crippen LogP contribution is 2.37. The molecule has 0 radical (unpaired) electrons. The highest BCUT2D eigenvalue weighted by atomic mass is 35.5. The quantitative estimate of drug-likeness (QED) is 0.719. The fourth-order valence-electron chi connectivity index (χ4n) is 2.10. The van der Waals surface area contributed by atoms with E-state index in [1.165, 1.54) is 11.3 Å². The Morgan fingerprint density at radius 2 is 1.96 bits per heavy atom. The normalized spacial score (nSPS) is 10.5. The van der Waals surface area contributed by atoms with E-state index in [-0.39, 0.29) is 5.91 Å². The van der Waals surface area contributed by atoms with E-state index in [9.17, 15) is 4.79 Å². The van der Waals surface area contributed by atoms with Gasteiger partial charge in [0.05, 0.1) is 5.56 Å². The maximum absolute atomic E-state index is 12.7. The molecule has 0 spiro atoms. The number of carbonyl (C=O) groups excluding carboxylic acids is 1. The van der Waals surface area contributed by atoms with Crippen molar-refractivity contribution in [2.75, 3.05) is 11.4 Å². The second kappa shape index (κ2) is 6.85. The summed E-state index contributed by atoms with van der Waals surface area (Å²) in [6.45, 7) is 2.39. The number of nitrogens with zero attached hydrogens (tertiary/aromatic N) is 4. The Morgan fingerprint density at radius 1 is 1.22 bits per heavy atom. The molecule has 0 atom stereocenters. The number of hydrogen-bond acceptors (Lipinski definition) is 5. The molecule has 3 heterocycles. The van der Waals surface area contributed by atoms with Gasteiger partial charge in [-0.2, -0.15) is 0 Å². The lowest BCUT2D eigenvalue weighted by Crippen LogP contribution is -2.30. The van der Waals surface area contributed by atoms with Gasteiger partial charge in [-0.05, 0) is 31.2 Å². The van der Waals surface area contributed by atoms with Crippen LogP contribution < -0.4 is 4.90 Å². The van der Waals surface area contributed by atoms with Crippen molar-refractivity contribution in [3.63, 3.8) is 0 Å². The predicted octanol–water partition coefficient (Wildman–Crippen LogP) is 3.92. The van der Waals surface area contributed by atoms with Crippen molar-refractivity contribution < 1.29 is 4.79 Å². The van der Waals surface area contributed by atoms with Crippen molar-refractivity contribution in [3.05, 3.63) is 59.8 Å². The van der Waals surface area contributed by atoms with E-state index in [0.29, 0.717) is 22.3 Å². The summed E-state index contributed by atoms with van der Waals surface area (Å²) in [5.74, 6) is -0.149. The summed E-state index contributed by atoms with van der Waals surface area (Å²) in [4.78, 5) is 26.7. The van der Waals surface area contributed by atoms with Crippen LogP contribution in [0.15, 0.2) is 49.1 Å². The first-order chi connectivity index (χ1) is 11.2. The molecule has 0 aliphatic carbocycles. The molecule has 0 aliphatic heterocycles. The van der Waals surface area contributed by atoms with Crippen molar-refractivity contribution in [1.29, 1.82) is 0 Å². The summed E-state index contributed by atoms with van der Waals surface area (Å²) >= 11 is 7.64. The molecule has 3 aromatic rings. The van der Waals surface area contributed by atoms with Gasteiger partial charge < -0.3 is 0 Å². The first kappa shape index (κ1) is 15.6. The molecule has 7 heteroatoms. The number of halogens is 1.